The smallest absolute Gasteiger partial charge is 0.312 e. The van der Waals surface area contributed by atoms with Gasteiger partial charge in [-0.3, -0.25) is 4.79 Å². The lowest BCUT2D eigenvalue weighted by molar-refractivity contribution is -0.172. The third-order valence-electron chi connectivity index (χ3n) is 7.81. The minimum absolute atomic E-state index is 0.0260. The zero-order valence-corrected chi connectivity index (χ0v) is 20.3. The van der Waals surface area contributed by atoms with Gasteiger partial charge >= 0.3 is 5.97 Å². The lowest BCUT2D eigenvalue weighted by Crippen LogP contribution is -2.39. The Kier molecular flexibility index (Phi) is 8.03. The molecule has 0 bridgehead atoms. The average Bonchev–Trinajstić information content (AvgIpc) is 3.28. The van der Waals surface area contributed by atoms with Crippen molar-refractivity contribution in [2.75, 3.05) is 0 Å². The van der Waals surface area contributed by atoms with Gasteiger partial charge in [0.25, 0.3) is 0 Å². The highest BCUT2D eigenvalue weighted by molar-refractivity contribution is 5.77. The largest absolute Gasteiger partial charge is 0.508 e. The number of hydrogen-bond acceptors (Lipinski definition) is 3. The summed E-state index contributed by atoms with van der Waals surface area (Å²) >= 11 is 0. The minimum Gasteiger partial charge on any atom is -0.508 e. The van der Waals surface area contributed by atoms with Crippen LogP contribution >= 0.6 is 0 Å². The van der Waals surface area contributed by atoms with E-state index in [9.17, 15) is 9.90 Å². The van der Waals surface area contributed by atoms with Crippen molar-refractivity contribution in [2.45, 2.75) is 96.5 Å². The first kappa shape index (κ1) is 24.4. The summed E-state index contributed by atoms with van der Waals surface area (Å²) in [5.41, 5.74) is 1.71. The Balaban J connectivity index is 1.81. The van der Waals surface area contributed by atoms with Gasteiger partial charge in [0.2, 0.25) is 0 Å². The van der Waals surface area contributed by atoms with Crippen molar-refractivity contribution in [2.24, 2.45) is 5.41 Å². The van der Waals surface area contributed by atoms with Crippen LogP contribution in [0, 0.1) is 5.41 Å². The Morgan fingerprint density at radius 3 is 2.22 bits per heavy atom. The number of ether oxygens (including phenoxy) is 1. The number of carbonyl (C=O) groups excluding carboxylic acids is 1. The third-order valence-corrected chi connectivity index (χ3v) is 7.81. The molecule has 3 unspecified atom stereocenters. The van der Waals surface area contributed by atoms with E-state index in [1.54, 1.807) is 12.1 Å². The Hall–Kier alpha value is -2.29. The number of phenols is 1. The molecule has 3 nitrogen and oxygen atoms in total. The van der Waals surface area contributed by atoms with Gasteiger partial charge in [-0.1, -0.05) is 63.2 Å². The molecule has 0 spiro atoms. The number of rotatable bonds is 10. The second kappa shape index (κ2) is 10.6. The quantitative estimate of drug-likeness (QED) is 0.387. The lowest BCUT2D eigenvalue weighted by atomic mass is 9.73. The number of esters is 1. The molecular formula is C29H40O3. The van der Waals surface area contributed by atoms with E-state index >= 15 is 0 Å². The Bertz CT molecular complexity index is 852. The highest BCUT2D eigenvalue weighted by Gasteiger charge is 2.43. The molecule has 3 heteroatoms. The number of aromatic hydroxyl groups is 1. The topological polar surface area (TPSA) is 46.5 Å². The van der Waals surface area contributed by atoms with Gasteiger partial charge < -0.3 is 9.84 Å². The molecule has 1 N–H and O–H groups in total. The highest BCUT2D eigenvalue weighted by Crippen LogP contribution is 2.44. The van der Waals surface area contributed by atoms with Crippen LogP contribution in [0.15, 0.2) is 54.6 Å². The van der Waals surface area contributed by atoms with Gasteiger partial charge in [0.05, 0.1) is 5.41 Å². The number of hydrogen-bond donors (Lipinski definition) is 1. The molecule has 0 heterocycles. The van der Waals surface area contributed by atoms with Gasteiger partial charge in [0.1, 0.15) is 11.4 Å². The van der Waals surface area contributed by atoms with Crippen LogP contribution in [0.4, 0.5) is 0 Å². The van der Waals surface area contributed by atoms with Crippen LogP contribution < -0.4 is 0 Å². The van der Waals surface area contributed by atoms with Crippen LogP contribution in [0.1, 0.15) is 102 Å². The molecule has 1 saturated carbocycles. The SMILES string of the molecule is CCC1(OC(=O)C(C)(CC)CC(CC(C)c2ccc(O)cc2)c2ccccc2)CCCC1. The maximum Gasteiger partial charge on any atom is 0.312 e. The van der Waals surface area contributed by atoms with E-state index in [4.69, 9.17) is 4.74 Å². The van der Waals surface area contributed by atoms with Crippen LogP contribution in [0.3, 0.4) is 0 Å². The molecule has 2 aromatic carbocycles. The van der Waals surface area contributed by atoms with Crippen LogP contribution in [0.5, 0.6) is 5.75 Å². The Morgan fingerprint density at radius 2 is 1.66 bits per heavy atom. The van der Waals surface area contributed by atoms with Gasteiger partial charge in [0.15, 0.2) is 0 Å². The van der Waals surface area contributed by atoms with Gasteiger partial charge in [-0.2, -0.15) is 0 Å². The molecule has 1 fully saturated rings. The highest BCUT2D eigenvalue weighted by atomic mass is 16.6. The van der Waals surface area contributed by atoms with Crippen molar-refractivity contribution in [1.82, 2.24) is 0 Å². The van der Waals surface area contributed by atoms with Crippen molar-refractivity contribution in [1.29, 1.82) is 0 Å². The molecule has 1 aliphatic rings. The summed E-state index contributed by atoms with van der Waals surface area (Å²) in [5.74, 6) is 0.828. The molecule has 174 valence electrons. The van der Waals surface area contributed by atoms with Crippen molar-refractivity contribution >= 4 is 5.97 Å². The van der Waals surface area contributed by atoms with Crippen molar-refractivity contribution in [3.63, 3.8) is 0 Å². The molecular weight excluding hydrogens is 396 g/mol. The normalized spacial score (nSPS) is 19.1. The van der Waals surface area contributed by atoms with Crippen LogP contribution in [-0.4, -0.2) is 16.7 Å². The van der Waals surface area contributed by atoms with Crippen LogP contribution in [0.2, 0.25) is 0 Å². The molecule has 0 aliphatic heterocycles. The number of carbonyl (C=O) groups is 1. The molecule has 32 heavy (non-hydrogen) atoms. The van der Waals surface area contributed by atoms with E-state index in [2.05, 4.69) is 52.0 Å². The van der Waals surface area contributed by atoms with Gasteiger partial charge in [-0.05, 0) is 93.4 Å². The monoisotopic (exact) mass is 436 g/mol. The maximum absolute atomic E-state index is 13.5. The van der Waals surface area contributed by atoms with Gasteiger partial charge in [0, 0.05) is 0 Å². The van der Waals surface area contributed by atoms with E-state index < -0.39 is 5.41 Å². The van der Waals surface area contributed by atoms with E-state index in [1.807, 2.05) is 18.2 Å². The summed E-state index contributed by atoms with van der Waals surface area (Å²) in [5, 5.41) is 9.65. The lowest BCUT2D eigenvalue weighted by Gasteiger charge is -2.36. The van der Waals surface area contributed by atoms with Gasteiger partial charge in [-0.25, -0.2) is 0 Å². The van der Waals surface area contributed by atoms with E-state index in [1.165, 1.54) is 11.1 Å². The predicted octanol–water partition coefficient (Wildman–Crippen LogP) is 7.74. The zero-order chi connectivity index (χ0) is 23.2. The summed E-state index contributed by atoms with van der Waals surface area (Å²) in [6.45, 7) is 8.58. The molecule has 0 saturated heterocycles. The second-order valence-electron chi connectivity index (χ2n) is 10.1. The number of phenolic OH excluding ortho intramolecular Hbond substituents is 1. The molecule has 0 aromatic heterocycles. The Labute approximate surface area is 194 Å². The summed E-state index contributed by atoms with van der Waals surface area (Å²) in [6.07, 6.45) is 7.68. The van der Waals surface area contributed by atoms with Crippen molar-refractivity contribution in [3.05, 3.63) is 65.7 Å². The van der Waals surface area contributed by atoms with Crippen LogP contribution in [-0.2, 0) is 9.53 Å². The third kappa shape index (κ3) is 5.74. The fourth-order valence-corrected chi connectivity index (χ4v) is 5.21. The standard InChI is InChI=1S/C29H40O3/c1-5-28(4,27(31)32-29(6-2)18-10-11-19-29)21-25(24-12-8-7-9-13-24)20-22(3)23-14-16-26(30)17-15-23/h7-9,12-17,22,25,30H,5-6,10-11,18-21H2,1-4H3. The first-order valence-electron chi connectivity index (χ1n) is 12.4. The minimum atomic E-state index is -0.514. The van der Waals surface area contributed by atoms with Crippen molar-refractivity contribution in [3.8, 4) is 5.75 Å². The molecule has 3 atom stereocenters. The fourth-order valence-electron chi connectivity index (χ4n) is 5.21. The second-order valence-corrected chi connectivity index (χ2v) is 10.1. The van der Waals surface area contributed by atoms with E-state index in [0.29, 0.717) is 11.7 Å². The predicted molar refractivity (Wildman–Crippen MR) is 131 cm³/mol. The van der Waals surface area contributed by atoms with Crippen LogP contribution in [0.25, 0.3) is 0 Å². The first-order valence-corrected chi connectivity index (χ1v) is 12.4. The molecule has 3 rings (SSSR count). The molecule has 0 radical (unpaired) electrons. The summed E-state index contributed by atoms with van der Waals surface area (Å²) in [7, 11) is 0. The molecule has 0 amide bonds. The number of benzene rings is 2. The zero-order valence-electron chi connectivity index (χ0n) is 20.3. The van der Waals surface area contributed by atoms with Gasteiger partial charge in [-0.15, -0.1) is 0 Å². The summed E-state index contributed by atoms with van der Waals surface area (Å²) in [6, 6.07) is 18.1. The maximum atomic E-state index is 13.5. The molecule has 1 aliphatic carbocycles. The average molecular weight is 437 g/mol. The molecule has 2 aromatic rings. The summed E-state index contributed by atoms with van der Waals surface area (Å²) in [4.78, 5) is 13.5. The summed E-state index contributed by atoms with van der Waals surface area (Å²) < 4.78 is 6.28. The van der Waals surface area contributed by atoms with E-state index in [-0.39, 0.29) is 17.5 Å². The first-order chi connectivity index (χ1) is 15.3. The Morgan fingerprint density at radius 1 is 1.03 bits per heavy atom. The van der Waals surface area contributed by atoms with Crippen molar-refractivity contribution < 1.29 is 14.6 Å². The van der Waals surface area contributed by atoms with E-state index in [0.717, 1.165) is 51.4 Å². The fraction of sp³-hybridized carbons (Fsp3) is 0.552.